The number of halogens is 6. The van der Waals surface area contributed by atoms with Gasteiger partial charge in [0.2, 0.25) is 0 Å². The summed E-state index contributed by atoms with van der Waals surface area (Å²) in [6, 6.07) is 0. The van der Waals surface area contributed by atoms with Gasteiger partial charge in [-0.2, -0.15) is 0 Å². The third-order valence-electron chi connectivity index (χ3n) is 7.26. The molecule has 2 heterocycles. The zero-order chi connectivity index (χ0) is 22.0. The number of piperazine rings is 2. The molecule has 2 aliphatic heterocycles. The predicted molar refractivity (Wildman–Crippen MR) is 141 cm³/mol. The van der Waals surface area contributed by atoms with Gasteiger partial charge in [-0.1, -0.05) is 0 Å². The molecule has 2 aliphatic rings. The molecule has 2 fully saturated rings. The number of nitrogens with zero attached hydrogens (tertiary/aromatic N) is 4. The molecule has 2 N–H and O–H groups in total. The lowest BCUT2D eigenvalue weighted by atomic mass is 10.1. The normalized spacial score (nSPS) is 21.7. The summed E-state index contributed by atoms with van der Waals surface area (Å²) < 4.78 is 2.34. The zero-order valence-electron chi connectivity index (χ0n) is 20.9. The molecule has 0 aromatic carbocycles. The summed E-state index contributed by atoms with van der Waals surface area (Å²) in [5.41, 5.74) is 0. The number of quaternary nitrogens is 2. The summed E-state index contributed by atoms with van der Waals surface area (Å²) in [7, 11) is 4.78. The first-order chi connectivity index (χ1) is 14.3. The van der Waals surface area contributed by atoms with Gasteiger partial charge in [-0.3, -0.25) is 9.80 Å². The van der Waals surface area contributed by atoms with Crippen molar-refractivity contribution in [2.75, 3.05) is 104 Å². The van der Waals surface area contributed by atoms with E-state index in [0.29, 0.717) is 24.8 Å². The Hall–Kier alpha value is 1.88. The van der Waals surface area contributed by atoms with Crippen LogP contribution in [0.5, 0.6) is 0 Å². The van der Waals surface area contributed by atoms with Crippen LogP contribution in [0.2, 0.25) is 0 Å². The van der Waals surface area contributed by atoms with E-state index in [1.807, 2.05) is 0 Å². The Kier molecular flexibility index (Phi) is 24.7. The molecule has 6 nitrogen and oxygen atoms in total. The van der Waals surface area contributed by atoms with Crippen molar-refractivity contribution in [2.45, 2.75) is 37.9 Å². The third kappa shape index (κ3) is 15.3. The van der Waals surface area contributed by atoms with Crippen molar-refractivity contribution in [1.29, 1.82) is 0 Å². The second-order valence-corrected chi connectivity index (χ2v) is 10.8. The average molecular weight is 702 g/mol. The first-order valence-corrected chi connectivity index (χ1v) is 12.9. The molecule has 12 heteroatoms. The number of rotatable bonds is 13. The van der Waals surface area contributed by atoms with Gasteiger partial charge >= 0.3 is 0 Å². The molecule has 2 atom stereocenters. The van der Waals surface area contributed by atoms with Crippen LogP contribution in [0, 0.1) is 0 Å². The van der Waals surface area contributed by atoms with Crippen LogP contribution in [0.4, 0.5) is 0 Å². The van der Waals surface area contributed by atoms with Crippen molar-refractivity contribution in [3.05, 3.63) is 0 Å². The van der Waals surface area contributed by atoms with Crippen LogP contribution in [0.25, 0.3) is 0 Å². The van der Waals surface area contributed by atoms with Gasteiger partial charge in [0.15, 0.2) is 0 Å². The molecule has 0 amide bonds. The zero-order valence-corrected chi connectivity index (χ0v) is 27.2. The molecule has 2 unspecified atom stereocenters. The second kappa shape index (κ2) is 20.8. The Morgan fingerprint density at radius 1 is 0.647 bits per heavy atom. The van der Waals surface area contributed by atoms with Crippen molar-refractivity contribution in [1.82, 2.24) is 9.80 Å². The topological polar surface area (TPSA) is 46.9 Å². The van der Waals surface area contributed by atoms with Crippen LogP contribution >= 0.6 is 48.0 Å². The van der Waals surface area contributed by atoms with Crippen molar-refractivity contribution in [3.63, 3.8) is 0 Å². The fraction of sp³-hybridized carbons (Fsp3) is 1.00. The quantitative estimate of drug-likeness (QED) is 0.117. The van der Waals surface area contributed by atoms with Gasteiger partial charge in [-0.25, -0.2) is 0 Å². The summed E-state index contributed by atoms with van der Waals surface area (Å²) in [5.74, 6) is 0.658. The lowest BCUT2D eigenvalue weighted by molar-refractivity contribution is -0.914. The summed E-state index contributed by atoms with van der Waals surface area (Å²) in [5, 5.41) is 19.5. The fourth-order valence-corrected chi connectivity index (χ4v) is 5.02. The van der Waals surface area contributed by atoms with Crippen molar-refractivity contribution in [3.8, 4) is 0 Å². The lowest BCUT2D eigenvalue weighted by Gasteiger charge is -2.43. The number of β-amino-alcohol motifs (C(OH)–C–C–N with tert-alkyl or cyclic N) is 2. The van der Waals surface area contributed by atoms with E-state index in [2.05, 4.69) is 23.9 Å². The van der Waals surface area contributed by atoms with Gasteiger partial charge in [0.05, 0.1) is 65.6 Å². The summed E-state index contributed by atoms with van der Waals surface area (Å²) in [6.45, 7) is 13.0. The highest BCUT2D eigenvalue weighted by Gasteiger charge is 2.30. The van der Waals surface area contributed by atoms with Crippen LogP contribution < -0.4 is 34.0 Å². The number of hydrogen-bond donors (Lipinski definition) is 2. The van der Waals surface area contributed by atoms with Crippen LogP contribution in [-0.2, 0) is 0 Å². The van der Waals surface area contributed by atoms with E-state index in [9.17, 15) is 10.2 Å². The molecule has 0 aliphatic carbocycles. The molecule has 0 bridgehead atoms. The van der Waals surface area contributed by atoms with Gasteiger partial charge in [0, 0.05) is 51.0 Å². The van der Waals surface area contributed by atoms with E-state index in [1.54, 1.807) is 0 Å². The second-order valence-electron chi connectivity index (χ2n) is 10.2. The van der Waals surface area contributed by atoms with Gasteiger partial charge < -0.3 is 53.1 Å². The van der Waals surface area contributed by atoms with Crippen molar-refractivity contribution < 1.29 is 53.1 Å². The van der Waals surface area contributed by atoms with Gasteiger partial charge in [-0.15, -0.1) is 48.0 Å². The molecular weight excluding hydrogens is 654 g/mol. The molecule has 34 heavy (non-hydrogen) atoms. The Balaban J connectivity index is -0.00000240. The molecule has 210 valence electrons. The van der Waals surface area contributed by atoms with Gasteiger partial charge in [0.1, 0.15) is 0 Å². The highest BCUT2D eigenvalue weighted by atomic mass is 79.9. The monoisotopic (exact) mass is 698 g/mol. The maximum atomic E-state index is 9.74. The molecule has 2 saturated heterocycles. The number of likely N-dealkylation sites (N-methyl/N-ethyl adjacent to an activating group) is 2. The largest absolute Gasteiger partial charge is 1.00 e. The van der Waals surface area contributed by atoms with E-state index in [1.165, 1.54) is 73.9 Å². The SMILES string of the molecule is C[N+]1(CCCCCC[N+]2(C)CCN(CC(O)CCl)CC2)CCN(CC(O)CCl)CC1.Cl.Cl.[Br-].[Br-]. The van der Waals surface area contributed by atoms with Crippen molar-refractivity contribution in [2.24, 2.45) is 0 Å². The van der Waals surface area contributed by atoms with Gasteiger partial charge in [-0.05, 0) is 25.7 Å². The summed E-state index contributed by atoms with van der Waals surface area (Å²) in [4.78, 5) is 4.71. The van der Waals surface area contributed by atoms with Crippen LogP contribution in [0.3, 0.4) is 0 Å². The minimum atomic E-state index is -0.395. The first-order valence-electron chi connectivity index (χ1n) is 11.9. The number of aliphatic hydroxyl groups excluding tert-OH is 2. The number of hydrogen-bond acceptors (Lipinski definition) is 4. The maximum absolute atomic E-state index is 9.74. The highest BCUT2D eigenvalue weighted by Crippen LogP contribution is 2.16. The lowest BCUT2D eigenvalue weighted by Crippen LogP contribution is -3.00. The smallest absolute Gasteiger partial charge is 0.0914 e. The standard InChI is InChI=1S/C22H46Cl2N4O2.2BrH.2ClH/c1-27(13-7-25(8-14-27)19-21(29)17-23)11-5-3-4-6-12-28(2)15-9-26(10-16-28)20-22(30)18-24;;;;/h21-22,29-30H,3-20H2,1-2H3;4*1H/q+2;;;;/p-2. The first kappa shape index (κ1) is 40.4. The molecular formula is C22H48Br2Cl4N4O2. The number of aliphatic hydroxyl groups is 2. The minimum Gasteiger partial charge on any atom is -1.00 e. The maximum Gasteiger partial charge on any atom is 0.0914 e. The average Bonchev–Trinajstić information content (AvgIpc) is 2.74. The minimum absolute atomic E-state index is 0. The fourth-order valence-electron chi connectivity index (χ4n) is 4.83. The molecule has 0 radical (unpaired) electrons. The van der Waals surface area contributed by atoms with Gasteiger partial charge in [0.25, 0.3) is 0 Å². The highest BCUT2D eigenvalue weighted by molar-refractivity contribution is 6.18. The third-order valence-corrected chi connectivity index (χ3v) is 7.98. The van der Waals surface area contributed by atoms with E-state index in [0.717, 1.165) is 26.2 Å². The molecule has 2 rings (SSSR count). The summed E-state index contributed by atoms with van der Waals surface area (Å²) in [6.07, 6.45) is 4.50. The van der Waals surface area contributed by atoms with E-state index in [-0.39, 0.29) is 58.8 Å². The Morgan fingerprint density at radius 3 is 1.21 bits per heavy atom. The molecule has 0 spiro atoms. The molecule has 0 aromatic heterocycles. The summed E-state index contributed by atoms with van der Waals surface area (Å²) >= 11 is 11.5. The van der Waals surface area contributed by atoms with Crippen LogP contribution in [0.1, 0.15) is 25.7 Å². The number of alkyl halides is 2. The molecule has 0 saturated carbocycles. The van der Waals surface area contributed by atoms with E-state index >= 15 is 0 Å². The Bertz CT molecular complexity index is 446. The van der Waals surface area contributed by atoms with Crippen molar-refractivity contribution >= 4 is 48.0 Å². The Morgan fingerprint density at radius 2 is 0.941 bits per heavy atom. The number of unbranched alkanes of at least 4 members (excludes halogenated alkanes) is 3. The van der Waals surface area contributed by atoms with Crippen LogP contribution in [-0.4, -0.2) is 146 Å². The van der Waals surface area contributed by atoms with E-state index < -0.39 is 12.2 Å². The predicted octanol–water partition coefficient (Wildman–Crippen LogP) is -3.88. The van der Waals surface area contributed by atoms with E-state index in [4.69, 9.17) is 23.2 Å². The Labute approximate surface area is 251 Å². The molecule has 0 aromatic rings. The van der Waals surface area contributed by atoms with Crippen LogP contribution in [0.15, 0.2) is 0 Å².